The zero-order valence-corrected chi connectivity index (χ0v) is 14.5. The molecule has 0 aliphatic rings. The van der Waals surface area contributed by atoms with Crippen LogP contribution in [0.25, 0.3) is 0 Å². The Kier molecular flexibility index (Phi) is 5.47. The van der Waals surface area contributed by atoms with Gasteiger partial charge in [0.15, 0.2) is 0 Å². The van der Waals surface area contributed by atoms with Gasteiger partial charge in [-0.2, -0.15) is 5.10 Å². The second-order valence-electron chi connectivity index (χ2n) is 5.02. The van der Waals surface area contributed by atoms with Crippen LogP contribution < -0.4 is 15.9 Å². The van der Waals surface area contributed by atoms with Gasteiger partial charge in [0.1, 0.15) is 24.0 Å². The monoisotopic (exact) mass is 376 g/mol. The van der Waals surface area contributed by atoms with E-state index in [0.29, 0.717) is 22.3 Å². The van der Waals surface area contributed by atoms with Gasteiger partial charge < -0.3 is 10.5 Å². The van der Waals surface area contributed by atoms with E-state index in [1.54, 1.807) is 35.9 Å². The fraction of sp³-hybridized carbons (Fsp3) is 0.0588. The van der Waals surface area contributed by atoms with Crippen LogP contribution in [0, 0.1) is 5.82 Å². The summed E-state index contributed by atoms with van der Waals surface area (Å²) < 4.78 is 19.4. The van der Waals surface area contributed by atoms with Crippen molar-refractivity contribution in [1.29, 1.82) is 0 Å². The second-order valence-corrected chi connectivity index (χ2v) is 6.28. The Hall–Kier alpha value is -2.64. The quantitative estimate of drug-likeness (QED) is 0.489. The Morgan fingerprint density at radius 2 is 2.08 bits per heavy atom. The van der Waals surface area contributed by atoms with Gasteiger partial charge in [-0.25, -0.2) is 9.37 Å². The van der Waals surface area contributed by atoms with Crippen LogP contribution in [0.4, 0.5) is 15.3 Å². The molecule has 8 heteroatoms. The van der Waals surface area contributed by atoms with Gasteiger partial charge in [0.25, 0.3) is 0 Å². The topological polar surface area (TPSA) is 72.5 Å². The number of nitrogens with two attached hydrogens (primary N) is 1. The Labute approximate surface area is 152 Å². The van der Waals surface area contributed by atoms with Crippen molar-refractivity contribution in [2.45, 2.75) is 6.61 Å². The third kappa shape index (κ3) is 4.68. The zero-order valence-electron chi connectivity index (χ0n) is 12.9. The van der Waals surface area contributed by atoms with Gasteiger partial charge in [0.05, 0.1) is 11.2 Å². The highest BCUT2D eigenvalue weighted by atomic mass is 35.5. The van der Waals surface area contributed by atoms with Crippen LogP contribution in [-0.2, 0) is 6.61 Å². The summed E-state index contributed by atoms with van der Waals surface area (Å²) in [6, 6.07) is 12.1. The number of rotatable bonds is 6. The number of ether oxygens (including phenoxy) is 1. The predicted octanol–water partition coefficient (Wildman–Crippen LogP) is 4.54. The van der Waals surface area contributed by atoms with Gasteiger partial charge in [-0.3, -0.25) is 5.43 Å². The van der Waals surface area contributed by atoms with Crippen molar-refractivity contribution in [2.24, 2.45) is 5.10 Å². The standard InChI is InChI=1S/C17H14ClFN4OS/c18-14-3-1-2-12(16(14)19)9-24-13-6-4-11(5-7-13)8-21-23-17-22-15(20)10-25-17/h1-8,10H,9,20H2,(H,22,23). The zero-order chi connectivity index (χ0) is 17.6. The molecule has 3 aromatic rings. The van der Waals surface area contributed by atoms with E-state index in [-0.39, 0.29) is 11.6 Å². The Balaban J connectivity index is 1.55. The largest absolute Gasteiger partial charge is 0.489 e. The number of halogens is 2. The molecule has 0 radical (unpaired) electrons. The minimum atomic E-state index is -0.457. The molecule has 3 rings (SSSR count). The van der Waals surface area contributed by atoms with Crippen molar-refractivity contribution in [1.82, 2.24) is 4.98 Å². The smallest absolute Gasteiger partial charge is 0.205 e. The predicted molar refractivity (Wildman–Crippen MR) is 99.9 cm³/mol. The molecule has 0 aliphatic carbocycles. The summed E-state index contributed by atoms with van der Waals surface area (Å²) in [5.74, 6) is 0.624. The summed E-state index contributed by atoms with van der Waals surface area (Å²) in [6.07, 6.45) is 1.65. The highest BCUT2D eigenvalue weighted by molar-refractivity contribution is 7.14. The lowest BCUT2D eigenvalue weighted by molar-refractivity contribution is 0.300. The highest BCUT2D eigenvalue weighted by Crippen LogP contribution is 2.20. The number of anilines is 2. The highest BCUT2D eigenvalue weighted by Gasteiger charge is 2.06. The number of thiazole rings is 1. The molecular weight excluding hydrogens is 363 g/mol. The van der Waals surface area contributed by atoms with E-state index in [2.05, 4.69) is 15.5 Å². The first-order valence-corrected chi connectivity index (χ1v) is 8.53. The molecule has 3 N–H and O–H groups in total. The summed E-state index contributed by atoms with van der Waals surface area (Å²) in [7, 11) is 0. The van der Waals surface area contributed by atoms with Crippen LogP contribution in [0.5, 0.6) is 5.75 Å². The van der Waals surface area contributed by atoms with Crippen LogP contribution in [0.3, 0.4) is 0 Å². The van der Waals surface area contributed by atoms with Crippen molar-refractivity contribution in [3.63, 3.8) is 0 Å². The maximum Gasteiger partial charge on any atom is 0.205 e. The number of aromatic nitrogens is 1. The number of nitrogens with one attached hydrogen (secondary N) is 1. The van der Waals surface area contributed by atoms with Gasteiger partial charge in [-0.05, 0) is 35.9 Å². The van der Waals surface area contributed by atoms with Crippen molar-refractivity contribution in [2.75, 3.05) is 11.2 Å². The molecule has 0 amide bonds. The number of benzene rings is 2. The number of nitrogens with zero attached hydrogens (tertiary/aromatic N) is 2. The molecule has 128 valence electrons. The van der Waals surface area contributed by atoms with Crippen LogP contribution in [-0.4, -0.2) is 11.2 Å². The fourth-order valence-electron chi connectivity index (χ4n) is 1.97. The van der Waals surface area contributed by atoms with Gasteiger partial charge >= 0.3 is 0 Å². The summed E-state index contributed by atoms with van der Waals surface area (Å²) in [4.78, 5) is 4.03. The first kappa shape index (κ1) is 17.2. The first-order valence-electron chi connectivity index (χ1n) is 7.27. The van der Waals surface area contributed by atoms with E-state index in [4.69, 9.17) is 22.1 Å². The average Bonchev–Trinajstić information content (AvgIpc) is 3.03. The summed E-state index contributed by atoms with van der Waals surface area (Å²) in [5, 5.41) is 6.52. The van der Waals surface area contributed by atoms with Crippen molar-refractivity contribution in [3.05, 3.63) is 69.8 Å². The minimum absolute atomic E-state index is 0.0853. The van der Waals surface area contributed by atoms with Crippen molar-refractivity contribution < 1.29 is 9.13 Å². The van der Waals surface area contributed by atoms with Crippen LogP contribution in [0.2, 0.25) is 5.02 Å². The van der Waals surface area contributed by atoms with E-state index in [1.165, 1.54) is 17.4 Å². The molecule has 0 saturated carbocycles. The lowest BCUT2D eigenvalue weighted by atomic mass is 10.2. The van der Waals surface area contributed by atoms with Crippen LogP contribution in [0.1, 0.15) is 11.1 Å². The van der Waals surface area contributed by atoms with Gasteiger partial charge in [0, 0.05) is 10.9 Å². The van der Waals surface area contributed by atoms with Gasteiger partial charge in [-0.15, -0.1) is 11.3 Å². The summed E-state index contributed by atoms with van der Waals surface area (Å²) in [5.41, 5.74) is 9.61. The molecule has 0 atom stereocenters. The normalized spacial score (nSPS) is 11.0. The van der Waals surface area contributed by atoms with E-state index < -0.39 is 5.82 Å². The SMILES string of the molecule is Nc1csc(NN=Cc2ccc(OCc3cccc(Cl)c3F)cc2)n1. The third-order valence-electron chi connectivity index (χ3n) is 3.20. The number of hydrogen-bond donors (Lipinski definition) is 2. The van der Waals surface area contributed by atoms with E-state index in [0.717, 1.165) is 5.56 Å². The molecule has 25 heavy (non-hydrogen) atoms. The van der Waals surface area contributed by atoms with Crippen LogP contribution >= 0.6 is 22.9 Å². The molecule has 0 unspecified atom stereocenters. The number of hydrogen-bond acceptors (Lipinski definition) is 6. The molecule has 2 aromatic carbocycles. The minimum Gasteiger partial charge on any atom is -0.489 e. The lowest BCUT2D eigenvalue weighted by Crippen LogP contribution is -1.99. The molecule has 1 heterocycles. The fourth-order valence-corrected chi connectivity index (χ4v) is 2.71. The lowest BCUT2D eigenvalue weighted by Gasteiger charge is -2.08. The Morgan fingerprint density at radius 3 is 2.80 bits per heavy atom. The van der Waals surface area contributed by atoms with Gasteiger partial charge in [0.2, 0.25) is 5.13 Å². The van der Waals surface area contributed by atoms with Gasteiger partial charge in [-0.1, -0.05) is 23.7 Å². The molecule has 0 spiro atoms. The number of hydrazone groups is 1. The first-order chi connectivity index (χ1) is 12.1. The second kappa shape index (κ2) is 7.96. The van der Waals surface area contributed by atoms with E-state index in [9.17, 15) is 4.39 Å². The maximum atomic E-state index is 13.8. The summed E-state index contributed by atoms with van der Waals surface area (Å²) in [6.45, 7) is 0.104. The third-order valence-corrected chi connectivity index (χ3v) is 4.26. The van der Waals surface area contributed by atoms with Crippen LogP contribution in [0.15, 0.2) is 52.9 Å². The molecule has 0 saturated heterocycles. The Morgan fingerprint density at radius 1 is 1.28 bits per heavy atom. The molecule has 0 fully saturated rings. The van der Waals surface area contributed by atoms with Crippen molar-refractivity contribution in [3.8, 4) is 5.75 Å². The van der Waals surface area contributed by atoms with E-state index in [1.807, 2.05) is 12.1 Å². The summed E-state index contributed by atoms with van der Waals surface area (Å²) >= 11 is 7.12. The van der Waals surface area contributed by atoms with Crippen molar-refractivity contribution >= 4 is 40.1 Å². The molecule has 0 bridgehead atoms. The van der Waals surface area contributed by atoms with E-state index >= 15 is 0 Å². The molecular formula is C17H14ClFN4OS. The average molecular weight is 377 g/mol. The Bertz CT molecular complexity index is 883. The molecule has 1 aromatic heterocycles. The molecule has 5 nitrogen and oxygen atoms in total. The molecule has 0 aliphatic heterocycles. The maximum absolute atomic E-state index is 13.8. The number of nitrogen functional groups attached to an aromatic ring is 1.